The Morgan fingerprint density at radius 3 is 2.36 bits per heavy atom. The van der Waals surface area contributed by atoms with Crippen molar-refractivity contribution in [2.75, 3.05) is 0 Å². The Bertz CT molecular complexity index is 1710. The average Bonchev–Trinajstić information content (AvgIpc) is 3.43. The minimum absolute atomic E-state index is 0.0923. The second-order valence-electron chi connectivity index (χ2n) is 9.07. The third kappa shape index (κ3) is 5.95. The van der Waals surface area contributed by atoms with E-state index >= 15 is 8.78 Å². The van der Waals surface area contributed by atoms with E-state index in [1.165, 1.54) is 30.3 Å². The van der Waals surface area contributed by atoms with E-state index in [2.05, 4.69) is 20.5 Å². The first-order valence-electron chi connectivity index (χ1n) is 12.3. The number of benzene rings is 3. The maximum Gasteiger partial charge on any atom is 0.323 e. The molecular formula is C29H20F4N6O2S. The van der Waals surface area contributed by atoms with Crippen LogP contribution < -0.4 is 4.74 Å². The van der Waals surface area contributed by atoms with E-state index in [9.17, 15) is 13.9 Å². The first kappa shape index (κ1) is 28.7. The number of thioether (sulfide) groups is 1. The molecule has 13 heteroatoms. The number of aromatic nitrogens is 5. The van der Waals surface area contributed by atoms with Crippen molar-refractivity contribution in [3.8, 4) is 17.6 Å². The third-order valence-electron chi connectivity index (χ3n) is 6.26. The summed E-state index contributed by atoms with van der Waals surface area (Å²) in [4.78, 5) is 3.80. The summed E-state index contributed by atoms with van der Waals surface area (Å²) < 4.78 is 67.8. The van der Waals surface area contributed by atoms with Gasteiger partial charge < -0.3 is 9.84 Å². The maximum absolute atomic E-state index is 16.3. The first-order valence-corrected chi connectivity index (χ1v) is 13.3. The largest absolute Gasteiger partial charge is 0.456 e. The molecule has 0 aliphatic heterocycles. The summed E-state index contributed by atoms with van der Waals surface area (Å²) in [5, 5.41) is 31.8. The van der Waals surface area contributed by atoms with Crippen molar-refractivity contribution in [2.24, 2.45) is 0 Å². The van der Waals surface area contributed by atoms with Gasteiger partial charge in [-0.3, -0.25) is 4.98 Å². The molecule has 0 saturated heterocycles. The van der Waals surface area contributed by atoms with Gasteiger partial charge in [0.25, 0.3) is 0 Å². The lowest BCUT2D eigenvalue weighted by atomic mass is 9.84. The molecule has 212 valence electrons. The number of aliphatic hydroxyl groups is 1. The predicted molar refractivity (Wildman–Crippen MR) is 143 cm³/mol. The predicted octanol–water partition coefficient (Wildman–Crippen LogP) is 5.98. The normalized spacial score (nSPS) is 12.9. The highest BCUT2D eigenvalue weighted by molar-refractivity contribution is 7.98. The van der Waals surface area contributed by atoms with Crippen molar-refractivity contribution in [1.29, 1.82) is 5.26 Å². The number of halogens is 4. The van der Waals surface area contributed by atoms with Crippen molar-refractivity contribution >= 4 is 11.8 Å². The molecule has 3 aromatic carbocycles. The molecule has 0 saturated carbocycles. The standard InChI is InChI=1S/C29H20F4N6O2S/c30-21-8-12-24(25(31)14-21)28(40,18-39-27(36-37-38-39)42-17-20-4-2-1-3-5-20)29(32,33)26-13-11-23(16-35-26)41-22-9-6-19(15-34)7-10-22/h1-14,16,40H,17-18H2. The minimum atomic E-state index is -4.23. The van der Waals surface area contributed by atoms with Gasteiger partial charge in [0, 0.05) is 17.4 Å². The van der Waals surface area contributed by atoms with E-state index in [1.807, 2.05) is 36.4 Å². The van der Waals surface area contributed by atoms with Gasteiger partial charge in [0.1, 0.15) is 28.8 Å². The summed E-state index contributed by atoms with van der Waals surface area (Å²) in [6.07, 6.45) is 1.01. The smallest absolute Gasteiger partial charge is 0.323 e. The zero-order valence-corrected chi connectivity index (χ0v) is 22.3. The van der Waals surface area contributed by atoms with Crippen LogP contribution in [0.15, 0.2) is 96.3 Å². The molecule has 5 aromatic rings. The summed E-state index contributed by atoms with van der Waals surface area (Å²) in [5.74, 6) is -5.81. The highest BCUT2D eigenvalue weighted by Gasteiger charge is 2.58. The van der Waals surface area contributed by atoms with Gasteiger partial charge in [0.2, 0.25) is 5.16 Å². The molecule has 1 atom stereocenters. The molecule has 0 spiro atoms. The third-order valence-corrected chi connectivity index (χ3v) is 7.29. The minimum Gasteiger partial charge on any atom is -0.456 e. The van der Waals surface area contributed by atoms with Gasteiger partial charge in [0.05, 0.1) is 24.4 Å². The Morgan fingerprint density at radius 1 is 0.952 bits per heavy atom. The van der Waals surface area contributed by atoms with Gasteiger partial charge in [-0.1, -0.05) is 42.1 Å². The molecule has 0 fully saturated rings. The molecule has 2 aromatic heterocycles. The Balaban J connectivity index is 1.46. The van der Waals surface area contributed by atoms with E-state index in [0.717, 1.165) is 46.4 Å². The van der Waals surface area contributed by atoms with E-state index in [1.54, 1.807) is 0 Å². The van der Waals surface area contributed by atoms with Crippen LogP contribution in [-0.2, 0) is 23.8 Å². The zero-order valence-electron chi connectivity index (χ0n) is 21.5. The molecule has 0 radical (unpaired) electrons. The number of nitrogens with zero attached hydrogens (tertiary/aromatic N) is 6. The lowest BCUT2D eigenvalue weighted by Gasteiger charge is -2.36. The SMILES string of the molecule is N#Cc1ccc(Oc2ccc(C(F)(F)C(O)(Cn3nnnc3SCc3ccccc3)c3ccc(F)cc3F)nc2)cc1. The Morgan fingerprint density at radius 2 is 1.69 bits per heavy atom. The van der Waals surface area contributed by atoms with Crippen LogP contribution in [0.25, 0.3) is 0 Å². The fourth-order valence-corrected chi connectivity index (χ4v) is 4.92. The van der Waals surface area contributed by atoms with Gasteiger partial charge >= 0.3 is 5.92 Å². The van der Waals surface area contributed by atoms with Crippen molar-refractivity contribution in [1.82, 2.24) is 25.2 Å². The highest BCUT2D eigenvalue weighted by atomic mass is 32.2. The number of tetrazole rings is 1. The number of hydrogen-bond acceptors (Lipinski definition) is 8. The fraction of sp³-hybridized carbons (Fsp3) is 0.138. The summed E-state index contributed by atoms with van der Waals surface area (Å²) in [6, 6.07) is 21.4. The molecule has 1 N–H and O–H groups in total. The van der Waals surface area contributed by atoms with E-state index in [-0.39, 0.29) is 10.9 Å². The van der Waals surface area contributed by atoms with Crippen molar-refractivity contribution in [2.45, 2.75) is 29.0 Å². The zero-order chi connectivity index (χ0) is 29.7. The summed E-state index contributed by atoms with van der Waals surface area (Å²) in [6.45, 7) is -0.988. The van der Waals surface area contributed by atoms with Gasteiger partial charge in [-0.05, 0) is 64.5 Å². The Labute approximate surface area is 241 Å². The Kier molecular flexibility index (Phi) is 8.19. The first-order chi connectivity index (χ1) is 20.2. The van der Waals surface area contributed by atoms with Crippen molar-refractivity contribution < 1.29 is 27.4 Å². The number of nitriles is 1. The molecule has 0 aliphatic rings. The summed E-state index contributed by atoms with van der Waals surface area (Å²) in [7, 11) is 0. The van der Waals surface area contributed by atoms with Crippen LogP contribution in [-0.4, -0.2) is 30.3 Å². The topological polar surface area (TPSA) is 110 Å². The second-order valence-corrected chi connectivity index (χ2v) is 10.0. The molecule has 0 amide bonds. The van der Waals surface area contributed by atoms with Crippen LogP contribution in [0, 0.1) is 23.0 Å². The van der Waals surface area contributed by atoms with E-state index < -0.39 is 41.0 Å². The number of rotatable bonds is 10. The van der Waals surface area contributed by atoms with Crippen LogP contribution in [0.3, 0.4) is 0 Å². The van der Waals surface area contributed by atoms with Crippen LogP contribution in [0.5, 0.6) is 11.5 Å². The lowest BCUT2D eigenvalue weighted by molar-refractivity contribution is -0.208. The van der Waals surface area contributed by atoms with Gasteiger partial charge in [-0.15, -0.1) is 5.10 Å². The van der Waals surface area contributed by atoms with Crippen molar-refractivity contribution in [3.05, 3.63) is 125 Å². The number of alkyl halides is 2. The van der Waals surface area contributed by atoms with Gasteiger partial charge in [0.15, 0.2) is 5.60 Å². The molecule has 5 rings (SSSR count). The van der Waals surface area contributed by atoms with E-state index in [0.29, 0.717) is 23.1 Å². The molecule has 8 nitrogen and oxygen atoms in total. The number of hydrogen-bond donors (Lipinski definition) is 1. The van der Waals surface area contributed by atoms with Crippen LogP contribution in [0.1, 0.15) is 22.4 Å². The van der Waals surface area contributed by atoms with Crippen LogP contribution >= 0.6 is 11.8 Å². The van der Waals surface area contributed by atoms with Crippen LogP contribution in [0.2, 0.25) is 0 Å². The molecule has 0 bridgehead atoms. The summed E-state index contributed by atoms with van der Waals surface area (Å²) >= 11 is 1.13. The van der Waals surface area contributed by atoms with Crippen molar-refractivity contribution in [3.63, 3.8) is 0 Å². The molecule has 0 aliphatic carbocycles. The average molecular weight is 593 g/mol. The van der Waals surface area contributed by atoms with Gasteiger partial charge in [-0.2, -0.15) is 14.0 Å². The summed E-state index contributed by atoms with van der Waals surface area (Å²) in [5.41, 5.74) is -3.76. The number of ether oxygens (including phenoxy) is 1. The Hall–Kier alpha value is -4.80. The number of pyridine rings is 1. The monoisotopic (exact) mass is 592 g/mol. The highest BCUT2D eigenvalue weighted by Crippen LogP contribution is 2.47. The fourth-order valence-electron chi connectivity index (χ4n) is 4.09. The van der Waals surface area contributed by atoms with E-state index in [4.69, 9.17) is 10.00 Å². The molecular weight excluding hydrogens is 572 g/mol. The lowest BCUT2D eigenvalue weighted by Crippen LogP contribution is -2.48. The molecule has 1 unspecified atom stereocenters. The van der Waals surface area contributed by atoms with Crippen LogP contribution in [0.4, 0.5) is 17.6 Å². The quantitative estimate of drug-likeness (QED) is 0.156. The maximum atomic E-state index is 16.3. The molecule has 2 heterocycles. The van der Waals surface area contributed by atoms with Gasteiger partial charge in [-0.25, -0.2) is 13.5 Å². The molecule has 42 heavy (non-hydrogen) atoms. The second kappa shape index (κ2) is 12.0.